The van der Waals surface area contributed by atoms with E-state index >= 15 is 0 Å². The molecule has 0 saturated carbocycles. The Labute approximate surface area is 144 Å². The maximum Gasteiger partial charge on any atom is 0.227 e. The number of hydrogen-bond acceptors (Lipinski definition) is 5. The summed E-state index contributed by atoms with van der Waals surface area (Å²) in [5.74, 6) is 2.25. The molecule has 3 rings (SSSR count). The third kappa shape index (κ3) is 3.97. The van der Waals surface area contributed by atoms with E-state index in [9.17, 15) is 4.79 Å². The Morgan fingerprint density at radius 2 is 1.75 bits per heavy atom. The first-order valence-electron chi connectivity index (χ1n) is 9.19. The van der Waals surface area contributed by atoms with Crippen LogP contribution >= 0.6 is 0 Å². The normalized spacial score (nSPS) is 19.9. The van der Waals surface area contributed by atoms with Crippen molar-refractivity contribution in [2.45, 2.75) is 38.5 Å². The van der Waals surface area contributed by atoms with E-state index in [1.807, 2.05) is 31.3 Å². The summed E-state index contributed by atoms with van der Waals surface area (Å²) in [6.45, 7) is 3.63. The summed E-state index contributed by atoms with van der Waals surface area (Å²) in [5.41, 5.74) is 0. The number of amides is 1. The molecule has 0 aromatic carbocycles. The van der Waals surface area contributed by atoms with Gasteiger partial charge in [0, 0.05) is 52.4 Å². The van der Waals surface area contributed by atoms with Crippen molar-refractivity contribution in [2.24, 2.45) is 5.92 Å². The van der Waals surface area contributed by atoms with Crippen LogP contribution in [0.3, 0.4) is 0 Å². The number of likely N-dealkylation sites (tertiary alicyclic amines) is 1. The van der Waals surface area contributed by atoms with Gasteiger partial charge in [0.2, 0.25) is 11.9 Å². The fraction of sp³-hybridized carbons (Fsp3) is 0.722. The Hall–Kier alpha value is -1.85. The summed E-state index contributed by atoms with van der Waals surface area (Å²) < 4.78 is 0. The first-order valence-corrected chi connectivity index (χ1v) is 9.19. The number of nitrogens with zero attached hydrogens (tertiary/aromatic N) is 5. The summed E-state index contributed by atoms with van der Waals surface area (Å²) in [7, 11) is 3.97. The number of anilines is 2. The molecule has 0 bridgehead atoms. The minimum absolute atomic E-state index is 0.177. The van der Waals surface area contributed by atoms with Crippen molar-refractivity contribution in [2.75, 3.05) is 50.1 Å². The highest BCUT2D eigenvalue weighted by Gasteiger charge is 2.29. The van der Waals surface area contributed by atoms with Crippen molar-refractivity contribution in [1.29, 1.82) is 0 Å². The number of rotatable bonds is 3. The maximum absolute atomic E-state index is 12.8. The Bertz CT molecular complexity index is 546. The van der Waals surface area contributed by atoms with E-state index in [-0.39, 0.29) is 5.92 Å². The molecule has 1 amide bonds. The van der Waals surface area contributed by atoms with Crippen LogP contribution in [0, 0.1) is 5.92 Å². The maximum atomic E-state index is 12.8. The summed E-state index contributed by atoms with van der Waals surface area (Å²) in [4.78, 5) is 28.1. The van der Waals surface area contributed by atoms with Crippen molar-refractivity contribution < 1.29 is 4.79 Å². The Kier molecular flexibility index (Phi) is 5.53. The average molecular weight is 331 g/mol. The fourth-order valence-corrected chi connectivity index (χ4v) is 3.62. The van der Waals surface area contributed by atoms with Gasteiger partial charge in [-0.25, -0.2) is 4.98 Å². The minimum atomic E-state index is 0.177. The topological polar surface area (TPSA) is 52.6 Å². The van der Waals surface area contributed by atoms with Gasteiger partial charge in [0.15, 0.2) is 0 Å². The van der Waals surface area contributed by atoms with E-state index in [4.69, 9.17) is 0 Å². The number of hydrogen-bond donors (Lipinski definition) is 0. The van der Waals surface area contributed by atoms with E-state index in [0.29, 0.717) is 5.91 Å². The first kappa shape index (κ1) is 17.0. The Morgan fingerprint density at radius 3 is 2.38 bits per heavy atom. The van der Waals surface area contributed by atoms with Gasteiger partial charge in [-0.3, -0.25) is 4.79 Å². The lowest BCUT2D eigenvalue weighted by atomic mass is 9.95. The van der Waals surface area contributed by atoms with Gasteiger partial charge in [-0.1, -0.05) is 12.8 Å². The molecule has 2 fully saturated rings. The third-order valence-electron chi connectivity index (χ3n) is 5.13. The highest BCUT2D eigenvalue weighted by molar-refractivity contribution is 5.79. The van der Waals surface area contributed by atoms with E-state index < -0.39 is 0 Å². The second kappa shape index (κ2) is 7.81. The van der Waals surface area contributed by atoms with Gasteiger partial charge in [0.05, 0.1) is 0 Å². The highest BCUT2D eigenvalue weighted by Crippen LogP contribution is 2.24. The van der Waals surface area contributed by atoms with Crippen LogP contribution in [0.15, 0.2) is 12.3 Å². The molecule has 6 heteroatoms. The summed E-state index contributed by atoms with van der Waals surface area (Å²) in [5, 5.41) is 0. The summed E-state index contributed by atoms with van der Waals surface area (Å²) in [6.07, 6.45) is 8.48. The van der Waals surface area contributed by atoms with Gasteiger partial charge in [0.1, 0.15) is 5.82 Å². The summed E-state index contributed by atoms with van der Waals surface area (Å²) >= 11 is 0. The second-order valence-corrected chi connectivity index (χ2v) is 7.11. The molecule has 1 aromatic heterocycles. The number of piperidine rings is 1. The van der Waals surface area contributed by atoms with Crippen LogP contribution in [0.1, 0.15) is 38.5 Å². The third-order valence-corrected chi connectivity index (χ3v) is 5.13. The predicted octanol–water partition coefficient (Wildman–Crippen LogP) is 2.16. The van der Waals surface area contributed by atoms with Gasteiger partial charge >= 0.3 is 0 Å². The van der Waals surface area contributed by atoms with Crippen LogP contribution in [0.4, 0.5) is 11.8 Å². The molecule has 24 heavy (non-hydrogen) atoms. The Morgan fingerprint density at radius 1 is 1.08 bits per heavy atom. The van der Waals surface area contributed by atoms with E-state index in [0.717, 1.165) is 63.6 Å². The standard InChI is InChI=1S/C18H29N5O/c1-21(2)16-7-10-19-18(20-16)23-13-8-15(9-14-23)17(24)22-11-5-3-4-6-12-22/h7,10,15H,3-6,8-9,11-14H2,1-2H3. The number of aromatic nitrogens is 2. The molecule has 0 radical (unpaired) electrons. The van der Waals surface area contributed by atoms with Crippen molar-refractivity contribution in [3.05, 3.63) is 12.3 Å². The zero-order chi connectivity index (χ0) is 16.9. The molecule has 0 N–H and O–H groups in total. The molecule has 0 unspecified atom stereocenters. The summed E-state index contributed by atoms with van der Waals surface area (Å²) in [6, 6.07) is 1.92. The van der Waals surface area contributed by atoms with Crippen LogP contribution in [0.5, 0.6) is 0 Å². The molecular weight excluding hydrogens is 302 g/mol. The molecule has 0 spiro atoms. The molecule has 2 aliphatic heterocycles. The lowest BCUT2D eigenvalue weighted by Gasteiger charge is -2.34. The SMILES string of the molecule is CN(C)c1ccnc(N2CCC(C(=O)N3CCCCCC3)CC2)n1. The smallest absolute Gasteiger partial charge is 0.227 e. The van der Waals surface area contributed by atoms with Gasteiger partial charge in [0.25, 0.3) is 0 Å². The van der Waals surface area contributed by atoms with E-state index in [1.54, 1.807) is 0 Å². The average Bonchev–Trinajstić information content (AvgIpc) is 2.91. The largest absolute Gasteiger partial charge is 0.363 e. The van der Waals surface area contributed by atoms with Crippen molar-refractivity contribution in [3.8, 4) is 0 Å². The van der Waals surface area contributed by atoms with Crippen molar-refractivity contribution >= 4 is 17.7 Å². The van der Waals surface area contributed by atoms with Crippen LogP contribution in [-0.2, 0) is 4.79 Å². The van der Waals surface area contributed by atoms with Crippen LogP contribution in [0.2, 0.25) is 0 Å². The molecule has 0 aliphatic carbocycles. The molecular formula is C18H29N5O. The Balaban J connectivity index is 1.57. The number of carbonyl (C=O) groups excluding carboxylic acids is 1. The van der Waals surface area contributed by atoms with Gasteiger partial charge in [-0.15, -0.1) is 0 Å². The zero-order valence-electron chi connectivity index (χ0n) is 14.9. The molecule has 2 aliphatic rings. The fourth-order valence-electron chi connectivity index (χ4n) is 3.62. The molecule has 6 nitrogen and oxygen atoms in total. The quantitative estimate of drug-likeness (QED) is 0.849. The monoisotopic (exact) mass is 331 g/mol. The van der Waals surface area contributed by atoms with Crippen LogP contribution < -0.4 is 9.80 Å². The lowest BCUT2D eigenvalue weighted by molar-refractivity contribution is -0.136. The number of carbonyl (C=O) groups is 1. The molecule has 132 valence electrons. The van der Waals surface area contributed by atoms with Gasteiger partial charge < -0.3 is 14.7 Å². The van der Waals surface area contributed by atoms with Crippen molar-refractivity contribution in [1.82, 2.24) is 14.9 Å². The molecule has 2 saturated heterocycles. The van der Waals surface area contributed by atoms with Gasteiger partial charge in [-0.2, -0.15) is 4.98 Å². The predicted molar refractivity (Wildman–Crippen MR) is 96.3 cm³/mol. The van der Waals surface area contributed by atoms with Crippen LogP contribution in [0.25, 0.3) is 0 Å². The molecule has 1 aromatic rings. The lowest BCUT2D eigenvalue weighted by Crippen LogP contribution is -2.43. The molecule has 3 heterocycles. The van der Waals surface area contributed by atoms with Crippen molar-refractivity contribution in [3.63, 3.8) is 0 Å². The van der Waals surface area contributed by atoms with Gasteiger partial charge in [-0.05, 0) is 31.7 Å². The zero-order valence-corrected chi connectivity index (χ0v) is 14.9. The molecule has 0 atom stereocenters. The van der Waals surface area contributed by atoms with E-state index in [1.165, 1.54) is 12.8 Å². The first-order chi connectivity index (χ1) is 11.6. The highest BCUT2D eigenvalue weighted by atomic mass is 16.2. The van der Waals surface area contributed by atoms with Crippen LogP contribution in [-0.4, -0.2) is 61.0 Å². The van der Waals surface area contributed by atoms with E-state index in [2.05, 4.69) is 19.8 Å². The minimum Gasteiger partial charge on any atom is -0.363 e. The second-order valence-electron chi connectivity index (χ2n) is 7.11.